The Hall–Kier alpha value is -0.620. The fourth-order valence-electron chi connectivity index (χ4n) is 1.72. The van der Waals surface area contributed by atoms with Gasteiger partial charge in [0, 0.05) is 17.1 Å². The van der Waals surface area contributed by atoms with Crippen LogP contribution in [0.25, 0.3) is 0 Å². The lowest BCUT2D eigenvalue weighted by molar-refractivity contribution is -0.137. The van der Waals surface area contributed by atoms with E-state index in [2.05, 4.69) is 10.3 Å². The highest BCUT2D eigenvalue weighted by atomic mass is 32.1. The van der Waals surface area contributed by atoms with E-state index in [0.717, 1.165) is 17.8 Å². The van der Waals surface area contributed by atoms with E-state index in [9.17, 15) is 13.2 Å². The Bertz CT molecular complexity index is 385. The highest BCUT2D eigenvalue weighted by Crippen LogP contribution is 2.41. The normalized spacial score (nSPS) is 14.8. The summed E-state index contributed by atoms with van der Waals surface area (Å²) in [5.41, 5.74) is -0.106. The van der Waals surface area contributed by atoms with Gasteiger partial charge in [-0.3, -0.25) is 0 Å². The number of hydrogen-bond acceptors (Lipinski definition) is 3. The standard InChI is InChI=1S/C12H19F3N2S/c1-5-11(3,4)9(16-6-2)8-7-17-10(18-8)12(13,14)15/h7,9,16H,5-6H2,1-4H3. The molecule has 1 rings (SSSR count). The minimum absolute atomic E-state index is 0.0962. The predicted molar refractivity (Wildman–Crippen MR) is 67.6 cm³/mol. The van der Waals surface area contributed by atoms with Crippen LogP contribution in [-0.2, 0) is 6.18 Å². The molecule has 18 heavy (non-hydrogen) atoms. The van der Waals surface area contributed by atoms with Crippen molar-refractivity contribution in [3.05, 3.63) is 16.1 Å². The second-order valence-electron chi connectivity index (χ2n) is 4.90. The molecule has 0 saturated heterocycles. The number of aromatic nitrogens is 1. The summed E-state index contributed by atoms with van der Waals surface area (Å²) in [4.78, 5) is 4.14. The molecule has 1 aromatic heterocycles. The number of halogens is 3. The summed E-state index contributed by atoms with van der Waals surface area (Å²) >= 11 is 0.732. The summed E-state index contributed by atoms with van der Waals surface area (Å²) in [5, 5.41) is 2.49. The van der Waals surface area contributed by atoms with Gasteiger partial charge in [0.2, 0.25) is 0 Å². The Balaban J connectivity index is 3.04. The van der Waals surface area contributed by atoms with Crippen molar-refractivity contribution in [2.24, 2.45) is 5.41 Å². The van der Waals surface area contributed by atoms with Gasteiger partial charge >= 0.3 is 6.18 Å². The Morgan fingerprint density at radius 1 is 1.33 bits per heavy atom. The molecule has 0 aliphatic rings. The Morgan fingerprint density at radius 3 is 2.33 bits per heavy atom. The van der Waals surface area contributed by atoms with E-state index in [1.54, 1.807) is 0 Å². The monoisotopic (exact) mass is 280 g/mol. The third-order valence-corrected chi connectivity index (χ3v) is 4.26. The quantitative estimate of drug-likeness (QED) is 0.872. The van der Waals surface area contributed by atoms with Crippen LogP contribution in [0.3, 0.4) is 0 Å². The first-order valence-corrected chi connectivity index (χ1v) is 6.80. The molecule has 1 aromatic rings. The summed E-state index contributed by atoms with van der Waals surface area (Å²) in [5.74, 6) is 0. The molecule has 6 heteroatoms. The number of hydrogen-bond donors (Lipinski definition) is 1. The van der Waals surface area contributed by atoms with Crippen molar-refractivity contribution in [1.82, 2.24) is 10.3 Å². The highest BCUT2D eigenvalue weighted by Gasteiger charge is 2.37. The van der Waals surface area contributed by atoms with Crippen LogP contribution in [0, 0.1) is 5.41 Å². The van der Waals surface area contributed by atoms with Gasteiger partial charge in [0.25, 0.3) is 0 Å². The Morgan fingerprint density at radius 2 is 1.94 bits per heavy atom. The van der Waals surface area contributed by atoms with Crippen molar-refractivity contribution in [1.29, 1.82) is 0 Å². The van der Waals surface area contributed by atoms with Crippen LogP contribution in [0.15, 0.2) is 6.20 Å². The maximum Gasteiger partial charge on any atom is 0.443 e. The minimum Gasteiger partial charge on any atom is -0.309 e. The van der Waals surface area contributed by atoms with Crippen LogP contribution in [0.1, 0.15) is 50.0 Å². The van der Waals surface area contributed by atoms with Crippen molar-refractivity contribution in [3.63, 3.8) is 0 Å². The second-order valence-corrected chi connectivity index (χ2v) is 5.96. The smallest absolute Gasteiger partial charge is 0.309 e. The van der Waals surface area contributed by atoms with E-state index in [-0.39, 0.29) is 11.5 Å². The number of alkyl halides is 3. The van der Waals surface area contributed by atoms with Crippen molar-refractivity contribution in [2.45, 2.75) is 46.3 Å². The van der Waals surface area contributed by atoms with Gasteiger partial charge in [0.05, 0.1) is 0 Å². The van der Waals surface area contributed by atoms with Gasteiger partial charge in [-0.15, -0.1) is 11.3 Å². The third-order valence-electron chi connectivity index (χ3n) is 3.15. The fraction of sp³-hybridized carbons (Fsp3) is 0.750. The van der Waals surface area contributed by atoms with Crippen LogP contribution < -0.4 is 5.32 Å². The van der Waals surface area contributed by atoms with Gasteiger partial charge in [-0.05, 0) is 18.4 Å². The third kappa shape index (κ3) is 3.45. The van der Waals surface area contributed by atoms with Crippen LogP contribution >= 0.6 is 11.3 Å². The molecule has 2 nitrogen and oxygen atoms in total. The average molecular weight is 280 g/mol. The SMILES string of the molecule is CCNC(c1cnc(C(F)(F)F)s1)C(C)(C)CC. The Kier molecular flexibility index (Phi) is 4.78. The van der Waals surface area contributed by atoms with Crippen LogP contribution in [0.5, 0.6) is 0 Å². The maximum atomic E-state index is 12.6. The second kappa shape index (κ2) is 5.57. The van der Waals surface area contributed by atoms with Gasteiger partial charge in [-0.2, -0.15) is 13.2 Å². The lowest BCUT2D eigenvalue weighted by Gasteiger charge is -2.33. The summed E-state index contributed by atoms with van der Waals surface area (Å²) in [6.07, 6.45) is -2.13. The zero-order valence-corrected chi connectivity index (χ0v) is 11.9. The van der Waals surface area contributed by atoms with Crippen molar-refractivity contribution in [3.8, 4) is 0 Å². The van der Waals surface area contributed by atoms with Crippen molar-refractivity contribution in [2.75, 3.05) is 6.54 Å². The molecule has 0 aliphatic carbocycles. The fourth-order valence-corrected chi connectivity index (χ4v) is 2.79. The molecular formula is C12H19F3N2S. The molecule has 1 atom stereocenters. The maximum absolute atomic E-state index is 12.6. The molecule has 0 aliphatic heterocycles. The summed E-state index contributed by atoms with van der Waals surface area (Å²) < 4.78 is 37.7. The molecule has 1 heterocycles. The van der Waals surface area contributed by atoms with Crippen molar-refractivity contribution >= 4 is 11.3 Å². The van der Waals surface area contributed by atoms with Crippen LogP contribution in [0.4, 0.5) is 13.2 Å². The molecule has 0 bridgehead atoms. The zero-order valence-electron chi connectivity index (χ0n) is 11.1. The lowest BCUT2D eigenvalue weighted by Crippen LogP contribution is -2.33. The first-order chi connectivity index (χ1) is 8.22. The van der Waals surface area contributed by atoms with Crippen LogP contribution in [0.2, 0.25) is 0 Å². The van der Waals surface area contributed by atoms with Gasteiger partial charge in [-0.25, -0.2) is 4.98 Å². The minimum atomic E-state index is -4.35. The van der Waals surface area contributed by atoms with Gasteiger partial charge in [-0.1, -0.05) is 27.7 Å². The number of thiazole rings is 1. The van der Waals surface area contributed by atoms with E-state index in [4.69, 9.17) is 0 Å². The zero-order chi connectivity index (χ0) is 14.0. The molecule has 0 fully saturated rings. The molecule has 0 saturated carbocycles. The van der Waals surface area contributed by atoms with Crippen LogP contribution in [-0.4, -0.2) is 11.5 Å². The van der Waals surface area contributed by atoms with E-state index < -0.39 is 11.2 Å². The van der Waals surface area contributed by atoms with Gasteiger partial charge in [0.1, 0.15) is 0 Å². The largest absolute Gasteiger partial charge is 0.443 e. The molecule has 104 valence electrons. The molecule has 0 spiro atoms. The topological polar surface area (TPSA) is 24.9 Å². The molecule has 0 amide bonds. The summed E-state index contributed by atoms with van der Waals surface area (Å²) in [6, 6.07) is -0.0962. The average Bonchev–Trinajstić information content (AvgIpc) is 2.74. The number of nitrogens with one attached hydrogen (secondary N) is 1. The molecular weight excluding hydrogens is 261 g/mol. The van der Waals surface area contributed by atoms with E-state index in [1.165, 1.54) is 6.20 Å². The van der Waals surface area contributed by atoms with E-state index in [1.807, 2.05) is 27.7 Å². The molecule has 0 aromatic carbocycles. The van der Waals surface area contributed by atoms with Crippen molar-refractivity contribution < 1.29 is 13.2 Å². The molecule has 1 unspecified atom stereocenters. The van der Waals surface area contributed by atoms with E-state index >= 15 is 0 Å². The summed E-state index contributed by atoms with van der Waals surface area (Å²) in [7, 11) is 0. The molecule has 0 radical (unpaired) electrons. The van der Waals surface area contributed by atoms with Gasteiger partial charge < -0.3 is 5.32 Å². The number of rotatable bonds is 5. The summed E-state index contributed by atoms with van der Waals surface area (Å²) in [6.45, 7) is 8.80. The number of nitrogens with zero attached hydrogens (tertiary/aromatic N) is 1. The Labute approximate surface area is 110 Å². The first kappa shape index (κ1) is 15.4. The predicted octanol–water partition coefficient (Wildman–Crippen LogP) is 4.25. The molecule has 1 N–H and O–H groups in total. The lowest BCUT2D eigenvalue weighted by atomic mass is 9.81. The highest BCUT2D eigenvalue weighted by molar-refractivity contribution is 7.11. The van der Waals surface area contributed by atoms with Gasteiger partial charge in [0.15, 0.2) is 5.01 Å². The van der Waals surface area contributed by atoms with E-state index in [0.29, 0.717) is 11.4 Å². The first-order valence-electron chi connectivity index (χ1n) is 5.98.